The van der Waals surface area contributed by atoms with Crippen molar-refractivity contribution >= 4 is 16.0 Å². The second-order valence-electron chi connectivity index (χ2n) is 2.57. The summed E-state index contributed by atoms with van der Waals surface area (Å²) >= 11 is 0. The third-order valence-electron chi connectivity index (χ3n) is 1.14. The molecule has 84 valence electrons. The van der Waals surface area contributed by atoms with Gasteiger partial charge in [0.1, 0.15) is 0 Å². The number of carbonyl (C=O) groups is 1. The van der Waals surface area contributed by atoms with Gasteiger partial charge in [-0.2, -0.15) is 13.2 Å². The average Bonchev–Trinajstić information content (AvgIpc) is 1.79. The van der Waals surface area contributed by atoms with Crippen molar-refractivity contribution in [2.75, 3.05) is 0 Å². The number of hydrogen-bond acceptors (Lipinski definition) is 3. The first kappa shape index (κ1) is 13.2. The number of aliphatic carboxylic acids is 1. The summed E-state index contributed by atoms with van der Waals surface area (Å²) in [4.78, 5) is 10.0. The van der Waals surface area contributed by atoms with E-state index in [1.165, 1.54) is 4.72 Å². The van der Waals surface area contributed by atoms with Gasteiger partial charge >= 0.3 is 21.5 Å². The maximum atomic E-state index is 11.7. The van der Waals surface area contributed by atoms with Crippen LogP contribution in [0.4, 0.5) is 13.2 Å². The molecule has 0 amide bonds. The number of rotatable bonds is 4. The van der Waals surface area contributed by atoms with Crippen molar-refractivity contribution in [3.05, 3.63) is 0 Å². The summed E-state index contributed by atoms with van der Waals surface area (Å²) in [5.41, 5.74) is -5.42. The van der Waals surface area contributed by atoms with E-state index in [-0.39, 0.29) is 0 Å². The van der Waals surface area contributed by atoms with Crippen LogP contribution in [0.1, 0.15) is 13.3 Å². The number of alkyl halides is 3. The lowest BCUT2D eigenvalue weighted by Crippen LogP contribution is -2.42. The molecule has 0 aromatic heterocycles. The van der Waals surface area contributed by atoms with Crippen molar-refractivity contribution in [1.82, 2.24) is 4.72 Å². The van der Waals surface area contributed by atoms with Crippen LogP contribution in [0.25, 0.3) is 0 Å². The van der Waals surface area contributed by atoms with E-state index in [2.05, 4.69) is 0 Å². The molecule has 0 saturated carbocycles. The molecule has 0 aromatic carbocycles. The first-order valence-corrected chi connectivity index (χ1v) is 4.85. The average molecular weight is 235 g/mol. The molecule has 0 bridgehead atoms. The minimum atomic E-state index is -5.46. The first-order chi connectivity index (χ1) is 6.06. The Bertz CT molecular complexity index is 309. The fraction of sp³-hybridized carbons (Fsp3) is 0.800. The van der Waals surface area contributed by atoms with Crippen LogP contribution in [-0.2, 0) is 14.8 Å². The highest BCUT2D eigenvalue weighted by atomic mass is 32.2. The number of hydrogen-bond donors (Lipinski definition) is 2. The van der Waals surface area contributed by atoms with Gasteiger partial charge in [-0.15, -0.1) is 0 Å². The summed E-state index contributed by atoms with van der Waals surface area (Å²) in [6.07, 6.45) is -0.713. The van der Waals surface area contributed by atoms with E-state index in [9.17, 15) is 26.4 Å². The van der Waals surface area contributed by atoms with Gasteiger partial charge in [0.15, 0.2) is 0 Å². The summed E-state index contributed by atoms with van der Waals surface area (Å²) in [5.74, 6) is -1.39. The van der Waals surface area contributed by atoms with Crippen molar-refractivity contribution in [3.63, 3.8) is 0 Å². The zero-order chi connectivity index (χ0) is 11.6. The zero-order valence-electron chi connectivity index (χ0n) is 7.00. The Morgan fingerprint density at radius 1 is 1.50 bits per heavy atom. The van der Waals surface area contributed by atoms with Gasteiger partial charge in [0.05, 0.1) is 6.42 Å². The maximum Gasteiger partial charge on any atom is 0.511 e. The predicted octanol–water partition coefficient (Wildman–Crippen LogP) is 0.289. The topological polar surface area (TPSA) is 83.5 Å². The summed E-state index contributed by atoms with van der Waals surface area (Å²) in [6, 6.07) is -1.31. The van der Waals surface area contributed by atoms with Crippen molar-refractivity contribution < 1.29 is 31.5 Å². The standard InChI is InChI=1S/C5H8F3NO4S/c1-3(2-4(10)11)9-14(12,13)5(6,7)8/h3,9H,2H2,1H3,(H,10,11). The van der Waals surface area contributed by atoms with E-state index in [0.717, 1.165) is 6.92 Å². The number of carboxylic acids is 1. The van der Waals surface area contributed by atoms with Crippen LogP contribution in [0.5, 0.6) is 0 Å². The van der Waals surface area contributed by atoms with Crippen LogP contribution in [0.3, 0.4) is 0 Å². The molecule has 0 heterocycles. The third-order valence-corrected chi connectivity index (χ3v) is 2.46. The summed E-state index contributed by atoms with van der Waals surface area (Å²) < 4.78 is 57.2. The Balaban J connectivity index is 4.46. The van der Waals surface area contributed by atoms with E-state index in [1.54, 1.807) is 0 Å². The second kappa shape index (κ2) is 4.13. The van der Waals surface area contributed by atoms with Crippen molar-refractivity contribution in [3.8, 4) is 0 Å². The fourth-order valence-electron chi connectivity index (χ4n) is 0.635. The highest BCUT2D eigenvalue weighted by Gasteiger charge is 2.46. The lowest BCUT2D eigenvalue weighted by Gasteiger charge is -2.13. The molecule has 1 atom stereocenters. The Kier molecular flexibility index (Phi) is 3.89. The van der Waals surface area contributed by atoms with E-state index < -0.39 is 34.0 Å². The van der Waals surface area contributed by atoms with E-state index in [4.69, 9.17) is 5.11 Å². The monoisotopic (exact) mass is 235 g/mol. The molecule has 14 heavy (non-hydrogen) atoms. The van der Waals surface area contributed by atoms with Gasteiger partial charge in [0, 0.05) is 6.04 Å². The van der Waals surface area contributed by atoms with Gasteiger partial charge < -0.3 is 5.11 Å². The van der Waals surface area contributed by atoms with E-state index in [0.29, 0.717) is 0 Å². The molecule has 9 heteroatoms. The normalized spacial score (nSPS) is 15.1. The minimum absolute atomic E-state index is 0.713. The molecule has 0 aliphatic rings. The Labute approximate surface area is 78.0 Å². The quantitative estimate of drug-likeness (QED) is 0.733. The highest BCUT2D eigenvalue weighted by Crippen LogP contribution is 2.22. The molecule has 0 fully saturated rings. The van der Waals surface area contributed by atoms with Crippen LogP contribution < -0.4 is 4.72 Å². The van der Waals surface area contributed by atoms with Crippen LogP contribution in [0.2, 0.25) is 0 Å². The third kappa shape index (κ3) is 3.92. The molecule has 5 nitrogen and oxygen atoms in total. The molecule has 1 unspecified atom stereocenters. The Hall–Kier alpha value is -0.830. The van der Waals surface area contributed by atoms with Crippen molar-refractivity contribution in [2.45, 2.75) is 24.9 Å². The largest absolute Gasteiger partial charge is 0.511 e. The van der Waals surface area contributed by atoms with Crippen LogP contribution >= 0.6 is 0 Å². The molecule has 2 N–H and O–H groups in total. The molecule has 0 rings (SSSR count). The summed E-state index contributed by atoms with van der Waals surface area (Å²) in [7, 11) is -5.46. The van der Waals surface area contributed by atoms with Crippen LogP contribution in [0, 0.1) is 0 Å². The number of halogens is 3. The lowest BCUT2D eigenvalue weighted by molar-refractivity contribution is -0.137. The molecule has 0 aliphatic heterocycles. The number of sulfonamides is 1. The van der Waals surface area contributed by atoms with Gasteiger partial charge in [-0.05, 0) is 6.92 Å². The molecular weight excluding hydrogens is 227 g/mol. The highest BCUT2D eigenvalue weighted by molar-refractivity contribution is 7.90. The Morgan fingerprint density at radius 3 is 2.21 bits per heavy atom. The first-order valence-electron chi connectivity index (χ1n) is 3.36. The fourth-order valence-corrected chi connectivity index (χ4v) is 1.38. The van der Waals surface area contributed by atoms with E-state index in [1.807, 2.05) is 0 Å². The molecule has 0 radical (unpaired) electrons. The molecule has 0 spiro atoms. The maximum absolute atomic E-state index is 11.7. The summed E-state index contributed by atoms with van der Waals surface area (Å²) in [5, 5.41) is 8.17. The van der Waals surface area contributed by atoms with Crippen molar-refractivity contribution in [2.24, 2.45) is 0 Å². The second-order valence-corrected chi connectivity index (χ2v) is 4.27. The smallest absolute Gasteiger partial charge is 0.481 e. The lowest BCUT2D eigenvalue weighted by atomic mass is 10.3. The van der Waals surface area contributed by atoms with Gasteiger partial charge in [-0.3, -0.25) is 4.79 Å². The molecule has 0 saturated heterocycles. The number of nitrogens with one attached hydrogen (secondary N) is 1. The molecule has 0 aromatic rings. The van der Waals surface area contributed by atoms with Gasteiger partial charge in [-0.25, -0.2) is 13.1 Å². The van der Waals surface area contributed by atoms with Gasteiger partial charge in [0.25, 0.3) is 0 Å². The van der Waals surface area contributed by atoms with Gasteiger partial charge in [-0.1, -0.05) is 0 Å². The molecular formula is C5H8F3NO4S. The Morgan fingerprint density at radius 2 is 1.93 bits per heavy atom. The summed E-state index contributed by atoms with van der Waals surface area (Å²) in [6.45, 7) is 1.03. The number of carboxylic acid groups (broad SMARTS) is 1. The van der Waals surface area contributed by atoms with Crippen LogP contribution in [-0.4, -0.2) is 31.0 Å². The van der Waals surface area contributed by atoms with Crippen molar-refractivity contribution in [1.29, 1.82) is 0 Å². The SMILES string of the molecule is CC(CC(=O)O)NS(=O)(=O)C(F)(F)F. The van der Waals surface area contributed by atoms with Gasteiger partial charge in [0.2, 0.25) is 0 Å². The van der Waals surface area contributed by atoms with Crippen LogP contribution in [0.15, 0.2) is 0 Å². The minimum Gasteiger partial charge on any atom is -0.481 e. The molecule has 0 aliphatic carbocycles. The predicted molar refractivity (Wildman–Crippen MR) is 39.8 cm³/mol. The zero-order valence-corrected chi connectivity index (χ0v) is 7.82. The van der Waals surface area contributed by atoms with E-state index >= 15 is 0 Å².